The molecule has 196 valence electrons. The highest BCUT2D eigenvalue weighted by Crippen LogP contribution is 2.12. The average Bonchev–Trinajstić information content (AvgIpc) is 3.25. The molecule has 0 aromatic carbocycles. The third-order valence-electron chi connectivity index (χ3n) is 6.61. The highest BCUT2D eigenvalue weighted by molar-refractivity contribution is 5.78. The summed E-state index contributed by atoms with van der Waals surface area (Å²) < 4.78 is 5.78. The summed E-state index contributed by atoms with van der Waals surface area (Å²) in [7, 11) is 0. The average molecular weight is 466 g/mol. The molecule has 1 aliphatic heterocycles. The van der Waals surface area contributed by atoms with Crippen LogP contribution in [0.3, 0.4) is 0 Å². The summed E-state index contributed by atoms with van der Waals surface area (Å²) >= 11 is 0. The lowest BCUT2D eigenvalue weighted by Gasteiger charge is -2.05. The second kappa shape index (κ2) is 27.4. The number of likely N-dealkylation sites (tertiary alicyclic amines) is 1. The molecule has 0 bridgehead atoms. The Labute approximate surface area is 208 Å². The maximum Gasteiger partial charge on any atom is 0.226 e. The molecule has 0 aliphatic carbocycles. The lowest BCUT2D eigenvalue weighted by molar-refractivity contribution is -0.125. The van der Waals surface area contributed by atoms with Crippen LogP contribution in [0.2, 0.25) is 0 Å². The molecule has 1 heterocycles. The van der Waals surface area contributed by atoms with E-state index in [2.05, 4.69) is 20.4 Å². The van der Waals surface area contributed by atoms with Crippen LogP contribution in [-0.4, -0.2) is 30.6 Å². The van der Waals surface area contributed by atoms with Crippen molar-refractivity contribution in [2.24, 2.45) is 0 Å². The molecule has 3 nitrogen and oxygen atoms in total. The minimum absolute atomic E-state index is 0.208. The van der Waals surface area contributed by atoms with Gasteiger partial charge in [-0.05, 0) is 25.5 Å². The minimum Gasteiger partial charge on any atom is -0.381 e. The summed E-state index contributed by atoms with van der Waals surface area (Å²) in [6.45, 7) is 10.9. The Morgan fingerprint density at radius 1 is 0.667 bits per heavy atom. The number of unbranched alkanes of at least 4 members (excludes halogenated alkanes) is 18. The van der Waals surface area contributed by atoms with Gasteiger partial charge in [0.1, 0.15) is 0 Å². The van der Waals surface area contributed by atoms with Crippen LogP contribution in [-0.2, 0) is 9.53 Å². The number of nitrogens with zero attached hydrogens (tertiary/aromatic N) is 1. The number of rotatable bonds is 23. The van der Waals surface area contributed by atoms with E-state index in [1.165, 1.54) is 128 Å². The Bertz CT molecular complexity index is 388. The van der Waals surface area contributed by atoms with Crippen molar-refractivity contribution < 1.29 is 9.53 Å². The van der Waals surface area contributed by atoms with E-state index in [1.54, 1.807) is 11.1 Å². The van der Waals surface area contributed by atoms with Gasteiger partial charge in [-0.3, -0.25) is 4.79 Å². The van der Waals surface area contributed by atoms with Gasteiger partial charge in [-0.1, -0.05) is 136 Å². The van der Waals surface area contributed by atoms with Crippen LogP contribution >= 0.6 is 0 Å². The summed E-state index contributed by atoms with van der Waals surface area (Å²) in [4.78, 5) is 12.3. The third kappa shape index (κ3) is 24.1. The van der Waals surface area contributed by atoms with Crippen LogP contribution in [0.15, 0.2) is 12.8 Å². The summed E-state index contributed by atoms with van der Waals surface area (Å²) in [5.74, 6) is 0.208. The topological polar surface area (TPSA) is 29.5 Å². The van der Waals surface area contributed by atoms with Gasteiger partial charge in [-0.15, -0.1) is 0 Å². The van der Waals surface area contributed by atoms with Gasteiger partial charge in [0.05, 0.1) is 0 Å². The molecule has 1 rings (SSSR count). The van der Waals surface area contributed by atoms with E-state index < -0.39 is 0 Å². The van der Waals surface area contributed by atoms with E-state index >= 15 is 0 Å². The summed E-state index contributed by atoms with van der Waals surface area (Å²) in [5, 5.41) is 0. The fourth-order valence-corrected chi connectivity index (χ4v) is 4.35. The van der Waals surface area contributed by atoms with Crippen LogP contribution < -0.4 is 0 Å². The van der Waals surface area contributed by atoms with E-state index in [0.717, 1.165) is 26.2 Å². The molecule has 1 saturated heterocycles. The van der Waals surface area contributed by atoms with Gasteiger partial charge in [0.2, 0.25) is 5.91 Å². The van der Waals surface area contributed by atoms with Gasteiger partial charge < -0.3 is 9.64 Å². The van der Waals surface area contributed by atoms with E-state index in [9.17, 15) is 4.79 Å². The Balaban J connectivity index is 0.00000106. The number of carbonyl (C=O) groups is 1. The SMILES string of the molecule is C=CN1CCCC1=O.CCCCCCCCCCCCOCCCCCCCCCCCC. The van der Waals surface area contributed by atoms with Crippen LogP contribution in [0.25, 0.3) is 0 Å². The number of hydrogen-bond acceptors (Lipinski definition) is 2. The molecule has 1 amide bonds. The first-order valence-electron chi connectivity index (χ1n) is 14.8. The predicted octanol–water partition coefficient (Wildman–Crippen LogP) is 9.60. The fraction of sp³-hybridized carbons (Fsp3) is 0.900. The van der Waals surface area contributed by atoms with E-state index in [-0.39, 0.29) is 5.91 Å². The van der Waals surface area contributed by atoms with Crippen molar-refractivity contribution in [1.82, 2.24) is 4.90 Å². The summed E-state index contributed by atoms with van der Waals surface area (Å²) in [6, 6.07) is 0. The third-order valence-corrected chi connectivity index (χ3v) is 6.61. The molecule has 0 atom stereocenters. The van der Waals surface area contributed by atoms with Gasteiger partial charge >= 0.3 is 0 Å². The number of hydrogen-bond donors (Lipinski definition) is 0. The zero-order chi connectivity index (χ0) is 24.2. The van der Waals surface area contributed by atoms with Crippen LogP contribution in [0.4, 0.5) is 0 Å². The van der Waals surface area contributed by atoms with Gasteiger partial charge in [0.15, 0.2) is 0 Å². The highest BCUT2D eigenvalue weighted by Gasteiger charge is 2.16. The number of amides is 1. The lowest BCUT2D eigenvalue weighted by Crippen LogP contribution is -2.16. The molecule has 1 fully saturated rings. The molecule has 0 N–H and O–H groups in total. The van der Waals surface area contributed by atoms with Crippen molar-refractivity contribution >= 4 is 5.91 Å². The first-order valence-corrected chi connectivity index (χ1v) is 14.8. The Hall–Kier alpha value is -0.830. The van der Waals surface area contributed by atoms with Crippen molar-refractivity contribution in [2.75, 3.05) is 19.8 Å². The number of carbonyl (C=O) groups excluding carboxylic acids is 1. The van der Waals surface area contributed by atoms with Crippen LogP contribution in [0.1, 0.15) is 155 Å². The highest BCUT2D eigenvalue weighted by atomic mass is 16.5. The van der Waals surface area contributed by atoms with Gasteiger partial charge in [0, 0.05) is 26.2 Å². The smallest absolute Gasteiger partial charge is 0.226 e. The lowest BCUT2D eigenvalue weighted by atomic mass is 10.1. The molecular weight excluding hydrogens is 406 g/mol. The molecule has 33 heavy (non-hydrogen) atoms. The quantitative estimate of drug-likeness (QED) is 0.141. The van der Waals surface area contributed by atoms with Gasteiger partial charge in [-0.25, -0.2) is 0 Å². The largest absolute Gasteiger partial charge is 0.381 e. The Morgan fingerprint density at radius 2 is 1.03 bits per heavy atom. The van der Waals surface area contributed by atoms with Crippen molar-refractivity contribution in [3.8, 4) is 0 Å². The first-order chi connectivity index (χ1) is 16.3. The normalized spacial score (nSPS) is 13.3. The van der Waals surface area contributed by atoms with Crippen LogP contribution in [0.5, 0.6) is 0 Å². The van der Waals surface area contributed by atoms with E-state index in [0.29, 0.717) is 6.42 Å². The monoisotopic (exact) mass is 465 g/mol. The van der Waals surface area contributed by atoms with Crippen LogP contribution in [0, 0.1) is 0 Å². The maximum absolute atomic E-state index is 10.7. The van der Waals surface area contributed by atoms with Gasteiger partial charge in [0.25, 0.3) is 0 Å². The standard InChI is InChI=1S/C24H50O.C6H9NO/c1-3-5-7-9-11-13-15-17-19-21-23-25-24-22-20-18-16-14-12-10-8-6-4-2;1-2-7-5-3-4-6(7)8/h3-24H2,1-2H3;2H,1,3-5H2. The van der Waals surface area contributed by atoms with Crippen molar-refractivity contribution in [2.45, 2.75) is 155 Å². The van der Waals surface area contributed by atoms with Crippen molar-refractivity contribution in [3.63, 3.8) is 0 Å². The Morgan fingerprint density at radius 3 is 1.30 bits per heavy atom. The van der Waals surface area contributed by atoms with Crippen molar-refractivity contribution in [1.29, 1.82) is 0 Å². The zero-order valence-electron chi connectivity index (χ0n) is 22.7. The molecule has 0 spiro atoms. The molecule has 0 unspecified atom stereocenters. The molecule has 0 saturated carbocycles. The fourth-order valence-electron chi connectivity index (χ4n) is 4.35. The second-order valence-electron chi connectivity index (χ2n) is 9.85. The number of ether oxygens (including phenoxy) is 1. The van der Waals surface area contributed by atoms with Gasteiger partial charge in [-0.2, -0.15) is 0 Å². The predicted molar refractivity (Wildman–Crippen MR) is 146 cm³/mol. The van der Waals surface area contributed by atoms with E-state index in [4.69, 9.17) is 4.74 Å². The molecule has 3 heteroatoms. The molecular formula is C30H59NO2. The van der Waals surface area contributed by atoms with E-state index in [1.807, 2.05) is 0 Å². The second-order valence-corrected chi connectivity index (χ2v) is 9.85. The molecule has 0 radical (unpaired) electrons. The molecule has 0 aromatic heterocycles. The molecule has 0 aromatic rings. The zero-order valence-corrected chi connectivity index (χ0v) is 22.7. The maximum atomic E-state index is 10.7. The first kappa shape index (κ1) is 32.2. The minimum atomic E-state index is 0.208. The summed E-state index contributed by atoms with van der Waals surface area (Å²) in [5.41, 5.74) is 0. The summed E-state index contributed by atoms with van der Waals surface area (Å²) in [6.07, 6.45) is 31.4. The Kier molecular flexibility index (Phi) is 26.7. The molecule has 1 aliphatic rings. The van der Waals surface area contributed by atoms with Crippen molar-refractivity contribution in [3.05, 3.63) is 12.8 Å².